The van der Waals surface area contributed by atoms with E-state index in [-0.39, 0.29) is 6.61 Å². The van der Waals surface area contributed by atoms with Gasteiger partial charge in [0.2, 0.25) is 0 Å². The van der Waals surface area contributed by atoms with Crippen molar-refractivity contribution in [3.8, 4) is 0 Å². The molecule has 0 aliphatic rings. The van der Waals surface area contributed by atoms with E-state index in [4.69, 9.17) is 16.7 Å². The van der Waals surface area contributed by atoms with Crippen LogP contribution in [-0.4, -0.2) is 40.2 Å². The zero-order valence-corrected chi connectivity index (χ0v) is 9.12. The van der Waals surface area contributed by atoms with Crippen LogP contribution in [0.4, 0.5) is 0 Å². The van der Waals surface area contributed by atoms with E-state index in [1.807, 2.05) is 18.9 Å². The molecule has 0 saturated heterocycles. The molecule has 78 valence electrons. The summed E-state index contributed by atoms with van der Waals surface area (Å²) in [6, 6.07) is 1.72. The van der Waals surface area contributed by atoms with E-state index in [0.717, 1.165) is 5.69 Å². The molecule has 0 unspecified atom stereocenters. The fraction of sp³-hybridized carbons (Fsp3) is 0.556. The van der Waals surface area contributed by atoms with Crippen LogP contribution >= 0.6 is 11.6 Å². The molecule has 0 fully saturated rings. The van der Waals surface area contributed by atoms with E-state index in [1.165, 1.54) is 0 Å². The Morgan fingerprint density at radius 2 is 2.21 bits per heavy atom. The number of nitrogens with zero attached hydrogens (tertiary/aromatic N) is 3. The summed E-state index contributed by atoms with van der Waals surface area (Å²) in [5.74, 6) is 0.686. The van der Waals surface area contributed by atoms with Crippen molar-refractivity contribution in [2.24, 2.45) is 0 Å². The molecule has 1 rings (SSSR count). The number of aromatic nitrogens is 2. The summed E-state index contributed by atoms with van der Waals surface area (Å²) in [7, 11) is 1.90. The molecule has 0 atom stereocenters. The second-order valence-electron chi connectivity index (χ2n) is 3.21. The van der Waals surface area contributed by atoms with Crippen molar-refractivity contribution in [3.05, 3.63) is 22.7 Å². The Labute approximate surface area is 88.6 Å². The molecule has 4 nitrogen and oxygen atoms in total. The maximum Gasteiger partial charge on any atom is 0.144 e. The topological polar surface area (TPSA) is 49.2 Å². The highest BCUT2D eigenvalue weighted by atomic mass is 35.5. The monoisotopic (exact) mass is 215 g/mol. The zero-order valence-electron chi connectivity index (χ0n) is 8.37. The predicted octanol–water partition coefficient (Wildman–Crippen LogP) is 0.863. The van der Waals surface area contributed by atoms with Gasteiger partial charge in [-0.05, 0) is 20.0 Å². The van der Waals surface area contributed by atoms with Gasteiger partial charge in [-0.1, -0.05) is 11.6 Å². The summed E-state index contributed by atoms with van der Waals surface area (Å²) in [5.41, 5.74) is 0.859. The Hall–Kier alpha value is -0.710. The van der Waals surface area contributed by atoms with E-state index >= 15 is 0 Å². The molecule has 0 amide bonds. The fourth-order valence-corrected chi connectivity index (χ4v) is 1.41. The highest BCUT2D eigenvalue weighted by Crippen LogP contribution is 2.07. The van der Waals surface area contributed by atoms with Crippen LogP contribution in [0.2, 0.25) is 5.15 Å². The largest absolute Gasteiger partial charge is 0.395 e. The normalized spacial score (nSPS) is 10.9. The van der Waals surface area contributed by atoms with Crippen LogP contribution in [0.1, 0.15) is 11.5 Å². The highest BCUT2D eigenvalue weighted by molar-refractivity contribution is 6.29. The summed E-state index contributed by atoms with van der Waals surface area (Å²) in [6.45, 7) is 3.22. The molecule has 5 heteroatoms. The van der Waals surface area contributed by atoms with Gasteiger partial charge in [0.15, 0.2) is 0 Å². The Bertz CT molecular complexity index is 286. The van der Waals surface area contributed by atoms with Crippen LogP contribution in [0.15, 0.2) is 6.07 Å². The van der Waals surface area contributed by atoms with Gasteiger partial charge in [0.25, 0.3) is 0 Å². The van der Waals surface area contributed by atoms with E-state index in [9.17, 15) is 0 Å². The second-order valence-corrected chi connectivity index (χ2v) is 3.60. The molecule has 0 aliphatic carbocycles. The standard InChI is InChI=1S/C9H14ClN3O/c1-7-5-8(10)12-9(11-7)6-13(2)3-4-14/h5,14H,3-4,6H2,1-2H3. The molecular formula is C9H14ClN3O. The van der Waals surface area contributed by atoms with Gasteiger partial charge in [0.1, 0.15) is 11.0 Å². The number of rotatable bonds is 4. The van der Waals surface area contributed by atoms with Crippen LogP contribution in [0.3, 0.4) is 0 Å². The number of hydrogen-bond acceptors (Lipinski definition) is 4. The lowest BCUT2D eigenvalue weighted by Crippen LogP contribution is -2.22. The molecule has 14 heavy (non-hydrogen) atoms. The molecule has 0 spiro atoms. The average molecular weight is 216 g/mol. The summed E-state index contributed by atoms with van der Waals surface area (Å²) >= 11 is 5.79. The third-order valence-corrected chi connectivity index (χ3v) is 1.96. The van der Waals surface area contributed by atoms with E-state index in [1.54, 1.807) is 6.07 Å². The van der Waals surface area contributed by atoms with Crippen molar-refractivity contribution < 1.29 is 5.11 Å². The molecule has 0 bridgehead atoms. The Morgan fingerprint density at radius 1 is 1.50 bits per heavy atom. The lowest BCUT2D eigenvalue weighted by molar-refractivity contribution is 0.214. The van der Waals surface area contributed by atoms with Crippen molar-refractivity contribution in [2.45, 2.75) is 13.5 Å². The number of halogens is 1. The molecule has 1 aromatic heterocycles. The third kappa shape index (κ3) is 3.57. The van der Waals surface area contributed by atoms with Crippen LogP contribution in [0.25, 0.3) is 0 Å². The van der Waals surface area contributed by atoms with Crippen molar-refractivity contribution >= 4 is 11.6 Å². The third-order valence-electron chi connectivity index (χ3n) is 1.76. The minimum absolute atomic E-state index is 0.135. The van der Waals surface area contributed by atoms with Crippen LogP contribution in [-0.2, 0) is 6.54 Å². The average Bonchev–Trinajstić information content (AvgIpc) is 2.01. The highest BCUT2D eigenvalue weighted by Gasteiger charge is 2.04. The Kier molecular flexibility index (Phi) is 4.25. The van der Waals surface area contributed by atoms with Crippen LogP contribution < -0.4 is 0 Å². The van der Waals surface area contributed by atoms with Gasteiger partial charge < -0.3 is 5.11 Å². The first-order valence-electron chi connectivity index (χ1n) is 4.41. The number of likely N-dealkylation sites (N-methyl/N-ethyl adjacent to an activating group) is 1. The van der Waals surface area contributed by atoms with Crippen LogP contribution in [0, 0.1) is 6.92 Å². The summed E-state index contributed by atoms with van der Waals surface area (Å²) in [4.78, 5) is 10.3. The van der Waals surface area contributed by atoms with E-state index < -0.39 is 0 Å². The van der Waals surface area contributed by atoms with E-state index in [0.29, 0.717) is 24.1 Å². The first kappa shape index (κ1) is 11.4. The first-order valence-corrected chi connectivity index (χ1v) is 4.79. The maximum absolute atomic E-state index is 8.72. The number of aryl methyl sites for hydroxylation is 1. The quantitative estimate of drug-likeness (QED) is 0.758. The van der Waals surface area contributed by atoms with Gasteiger partial charge in [-0.2, -0.15) is 0 Å². The lowest BCUT2D eigenvalue weighted by atomic mass is 10.4. The predicted molar refractivity (Wildman–Crippen MR) is 55.2 cm³/mol. The zero-order chi connectivity index (χ0) is 10.6. The molecule has 0 saturated carbocycles. The minimum Gasteiger partial charge on any atom is -0.395 e. The number of hydrogen-bond donors (Lipinski definition) is 1. The van der Waals surface area contributed by atoms with Gasteiger partial charge in [-0.25, -0.2) is 9.97 Å². The second kappa shape index (κ2) is 5.24. The summed E-state index contributed by atoms with van der Waals surface area (Å²) < 4.78 is 0. The minimum atomic E-state index is 0.135. The van der Waals surface area contributed by atoms with E-state index in [2.05, 4.69) is 9.97 Å². The van der Waals surface area contributed by atoms with Crippen molar-refractivity contribution in [2.75, 3.05) is 20.2 Å². The molecule has 1 heterocycles. The lowest BCUT2D eigenvalue weighted by Gasteiger charge is -2.13. The smallest absolute Gasteiger partial charge is 0.144 e. The number of aliphatic hydroxyl groups excluding tert-OH is 1. The maximum atomic E-state index is 8.72. The summed E-state index contributed by atoms with van der Waals surface area (Å²) in [6.07, 6.45) is 0. The Balaban J connectivity index is 2.66. The molecule has 1 aromatic rings. The van der Waals surface area contributed by atoms with Crippen molar-refractivity contribution in [1.82, 2.24) is 14.9 Å². The van der Waals surface area contributed by atoms with Gasteiger partial charge >= 0.3 is 0 Å². The molecule has 0 radical (unpaired) electrons. The molecular weight excluding hydrogens is 202 g/mol. The fourth-order valence-electron chi connectivity index (χ4n) is 1.15. The Morgan fingerprint density at radius 3 is 2.79 bits per heavy atom. The van der Waals surface area contributed by atoms with Gasteiger partial charge in [0.05, 0.1) is 13.2 Å². The van der Waals surface area contributed by atoms with Crippen molar-refractivity contribution in [1.29, 1.82) is 0 Å². The SMILES string of the molecule is Cc1cc(Cl)nc(CN(C)CCO)n1. The van der Waals surface area contributed by atoms with Crippen molar-refractivity contribution in [3.63, 3.8) is 0 Å². The van der Waals surface area contributed by atoms with Gasteiger partial charge in [0, 0.05) is 12.2 Å². The molecule has 0 aromatic carbocycles. The first-order chi connectivity index (χ1) is 6.61. The molecule has 0 aliphatic heterocycles. The molecule has 1 N–H and O–H groups in total. The summed E-state index contributed by atoms with van der Waals surface area (Å²) in [5, 5.41) is 9.18. The van der Waals surface area contributed by atoms with Gasteiger partial charge in [-0.15, -0.1) is 0 Å². The van der Waals surface area contributed by atoms with Crippen LogP contribution in [0.5, 0.6) is 0 Å². The number of aliphatic hydroxyl groups is 1. The van der Waals surface area contributed by atoms with Gasteiger partial charge in [-0.3, -0.25) is 4.90 Å².